The lowest BCUT2D eigenvalue weighted by atomic mass is 10.1. The zero-order valence-corrected chi connectivity index (χ0v) is 10.9. The Balaban J connectivity index is 2.66. The number of thiocarbonyl (C=S) groups is 1. The van der Waals surface area contributed by atoms with E-state index in [0.717, 1.165) is 30.1 Å². The number of nitrogens with two attached hydrogens (primary N) is 1. The number of hydrazone groups is 1. The van der Waals surface area contributed by atoms with Crippen molar-refractivity contribution in [2.45, 2.75) is 20.3 Å². The standard InChI is InChI=1S/C12H17N3OS/c1-3-8-16-11-6-4-10(5-7-11)9(2)14-15-12(13)17/h4-7H,3,8H2,1-2H3,(H3,13,15,17)/b14-9-. The lowest BCUT2D eigenvalue weighted by Crippen LogP contribution is -2.25. The van der Waals surface area contributed by atoms with E-state index >= 15 is 0 Å². The van der Waals surface area contributed by atoms with Crippen molar-refractivity contribution in [3.05, 3.63) is 29.8 Å². The second-order valence-corrected chi connectivity index (χ2v) is 3.99. The van der Waals surface area contributed by atoms with Gasteiger partial charge >= 0.3 is 0 Å². The number of nitrogens with one attached hydrogen (secondary N) is 1. The van der Waals surface area contributed by atoms with E-state index in [9.17, 15) is 0 Å². The maximum absolute atomic E-state index is 5.49. The zero-order valence-electron chi connectivity index (χ0n) is 10.1. The number of hydrogen-bond acceptors (Lipinski definition) is 3. The van der Waals surface area contributed by atoms with Crippen molar-refractivity contribution in [1.82, 2.24) is 5.43 Å². The molecule has 1 aromatic rings. The molecule has 0 aliphatic carbocycles. The van der Waals surface area contributed by atoms with Crippen molar-refractivity contribution >= 4 is 23.0 Å². The number of ether oxygens (including phenoxy) is 1. The molecule has 4 nitrogen and oxygen atoms in total. The van der Waals surface area contributed by atoms with Gasteiger partial charge in [0.25, 0.3) is 0 Å². The summed E-state index contributed by atoms with van der Waals surface area (Å²) in [5.74, 6) is 0.866. The number of hydrogen-bond donors (Lipinski definition) is 2. The molecule has 0 amide bonds. The quantitative estimate of drug-likeness (QED) is 0.477. The molecule has 0 aliphatic heterocycles. The van der Waals surface area contributed by atoms with E-state index in [1.165, 1.54) is 0 Å². The summed E-state index contributed by atoms with van der Waals surface area (Å²) in [5, 5.41) is 4.20. The highest BCUT2D eigenvalue weighted by Gasteiger charge is 1.98. The third-order valence-corrected chi connectivity index (χ3v) is 2.17. The third kappa shape index (κ3) is 4.82. The predicted molar refractivity (Wildman–Crippen MR) is 74.4 cm³/mol. The second-order valence-electron chi connectivity index (χ2n) is 3.55. The molecule has 0 bridgehead atoms. The van der Waals surface area contributed by atoms with Gasteiger partial charge in [-0.2, -0.15) is 5.10 Å². The topological polar surface area (TPSA) is 59.6 Å². The molecule has 0 atom stereocenters. The van der Waals surface area contributed by atoms with E-state index in [1.807, 2.05) is 31.2 Å². The van der Waals surface area contributed by atoms with Gasteiger partial charge in [0.05, 0.1) is 12.3 Å². The van der Waals surface area contributed by atoms with Gasteiger partial charge in [-0.25, -0.2) is 0 Å². The van der Waals surface area contributed by atoms with Crippen molar-refractivity contribution in [3.63, 3.8) is 0 Å². The Labute approximate surface area is 107 Å². The summed E-state index contributed by atoms with van der Waals surface area (Å²) in [6.45, 7) is 4.69. The normalized spacial score (nSPS) is 11.1. The fraction of sp³-hybridized carbons (Fsp3) is 0.333. The van der Waals surface area contributed by atoms with Crippen LogP contribution in [0.3, 0.4) is 0 Å². The molecule has 17 heavy (non-hydrogen) atoms. The Morgan fingerprint density at radius 3 is 2.59 bits per heavy atom. The highest BCUT2D eigenvalue weighted by molar-refractivity contribution is 7.80. The second kappa shape index (κ2) is 6.85. The summed E-state index contributed by atoms with van der Waals surface area (Å²) < 4.78 is 5.49. The first-order chi connectivity index (χ1) is 8.13. The molecule has 0 fully saturated rings. The minimum Gasteiger partial charge on any atom is -0.494 e. The minimum absolute atomic E-state index is 0.159. The van der Waals surface area contributed by atoms with Crippen LogP contribution in [0.25, 0.3) is 0 Å². The van der Waals surface area contributed by atoms with Gasteiger partial charge in [-0.05, 0) is 55.4 Å². The van der Waals surface area contributed by atoms with E-state index in [4.69, 9.17) is 10.5 Å². The van der Waals surface area contributed by atoms with Crippen molar-refractivity contribution in [2.75, 3.05) is 6.61 Å². The fourth-order valence-electron chi connectivity index (χ4n) is 1.22. The average molecular weight is 251 g/mol. The van der Waals surface area contributed by atoms with Gasteiger partial charge in [-0.1, -0.05) is 6.92 Å². The highest BCUT2D eigenvalue weighted by atomic mass is 32.1. The van der Waals surface area contributed by atoms with E-state index < -0.39 is 0 Å². The van der Waals surface area contributed by atoms with Crippen LogP contribution in [0.5, 0.6) is 5.75 Å². The summed E-state index contributed by atoms with van der Waals surface area (Å²) >= 11 is 4.67. The Morgan fingerprint density at radius 1 is 1.41 bits per heavy atom. The monoisotopic (exact) mass is 251 g/mol. The lowest BCUT2D eigenvalue weighted by Gasteiger charge is -2.06. The molecule has 0 saturated carbocycles. The maximum atomic E-state index is 5.49. The van der Waals surface area contributed by atoms with Crippen LogP contribution in [-0.4, -0.2) is 17.4 Å². The van der Waals surface area contributed by atoms with Gasteiger partial charge in [0, 0.05) is 0 Å². The molecule has 0 aromatic heterocycles. The van der Waals surface area contributed by atoms with Gasteiger partial charge in [0.2, 0.25) is 0 Å². The summed E-state index contributed by atoms with van der Waals surface area (Å²) in [4.78, 5) is 0. The number of benzene rings is 1. The number of rotatable bonds is 5. The minimum atomic E-state index is 0.159. The first-order valence-corrected chi connectivity index (χ1v) is 5.87. The summed E-state index contributed by atoms with van der Waals surface area (Å²) in [6.07, 6.45) is 1.00. The van der Waals surface area contributed by atoms with Crippen LogP contribution < -0.4 is 15.9 Å². The van der Waals surface area contributed by atoms with E-state index in [1.54, 1.807) is 0 Å². The van der Waals surface area contributed by atoms with Crippen LogP contribution in [0.2, 0.25) is 0 Å². The smallest absolute Gasteiger partial charge is 0.184 e. The molecule has 3 N–H and O–H groups in total. The Hall–Kier alpha value is -1.62. The van der Waals surface area contributed by atoms with Gasteiger partial charge in [0.15, 0.2) is 5.11 Å². The molecule has 0 spiro atoms. The molecule has 0 saturated heterocycles. The fourth-order valence-corrected chi connectivity index (χ4v) is 1.26. The lowest BCUT2D eigenvalue weighted by molar-refractivity contribution is 0.317. The maximum Gasteiger partial charge on any atom is 0.184 e. The molecule has 5 heteroatoms. The third-order valence-electron chi connectivity index (χ3n) is 2.08. The Bertz CT molecular complexity index is 401. The van der Waals surface area contributed by atoms with E-state index in [0.29, 0.717) is 0 Å². The molecule has 0 heterocycles. The summed E-state index contributed by atoms with van der Waals surface area (Å²) in [5.41, 5.74) is 9.67. The largest absolute Gasteiger partial charge is 0.494 e. The average Bonchev–Trinajstić information content (AvgIpc) is 2.34. The van der Waals surface area contributed by atoms with Crippen molar-refractivity contribution in [3.8, 4) is 5.75 Å². The van der Waals surface area contributed by atoms with Crippen LogP contribution in [-0.2, 0) is 0 Å². The molecule has 0 aliphatic rings. The molecule has 92 valence electrons. The van der Waals surface area contributed by atoms with Gasteiger partial charge in [-0.3, -0.25) is 5.43 Å². The summed E-state index contributed by atoms with van der Waals surface area (Å²) in [7, 11) is 0. The molecule has 1 aromatic carbocycles. The molecular weight excluding hydrogens is 234 g/mol. The Kier molecular flexibility index (Phi) is 5.42. The number of nitrogens with zero attached hydrogens (tertiary/aromatic N) is 1. The van der Waals surface area contributed by atoms with Crippen LogP contribution in [0, 0.1) is 0 Å². The zero-order chi connectivity index (χ0) is 12.7. The van der Waals surface area contributed by atoms with Crippen molar-refractivity contribution in [1.29, 1.82) is 0 Å². The van der Waals surface area contributed by atoms with Gasteiger partial charge in [0.1, 0.15) is 5.75 Å². The van der Waals surface area contributed by atoms with Crippen LogP contribution in [0.15, 0.2) is 29.4 Å². The van der Waals surface area contributed by atoms with Crippen LogP contribution >= 0.6 is 12.2 Å². The van der Waals surface area contributed by atoms with E-state index in [2.05, 4.69) is 29.7 Å². The molecule has 1 rings (SSSR count). The van der Waals surface area contributed by atoms with Gasteiger partial charge in [-0.15, -0.1) is 0 Å². The highest BCUT2D eigenvalue weighted by Crippen LogP contribution is 2.12. The first kappa shape index (κ1) is 13.4. The Morgan fingerprint density at radius 2 is 2.06 bits per heavy atom. The molecule has 0 unspecified atom stereocenters. The molecule has 0 radical (unpaired) electrons. The molecular formula is C12H17N3OS. The van der Waals surface area contributed by atoms with Crippen molar-refractivity contribution in [2.24, 2.45) is 10.8 Å². The first-order valence-electron chi connectivity index (χ1n) is 5.46. The van der Waals surface area contributed by atoms with E-state index in [-0.39, 0.29) is 5.11 Å². The summed E-state index contributed by atoms with van der Waals surface area (Å²) in [6, 6.07) is 7.74. The van der Waals surface area contributed by atoms with Gasteiger partial charge < -0.3 is 10.5 Å². The van der Waals surface area contributed by atoms with Crippen LogP contribution in [0.1, 0.15) is 25.8 Å². The van der Waals surface area contributed by atoms with Crippen molar-refractivity contribution < 1.29 is 4.74 Å². The SMILES string of the molecule is CCCOc1ccc(/C(C)=N\NC(N)=S)cc1. The predicted octanol–water partition coefficient (Wildman–Crippen LogP) is 2.03. The van der Waals surface area contributed by atoms with Crippen LogP contribution in [0.4, 0.5) is 0 Å².